The van der Waals surface area contributed by atoms with Crippen molar-refractivity contribution in [2.75, 3.05) is 12.4 Å². The molecule has 0 saturated carbocycles. The second-order valence-electron chi connectivity index (χ2n) is 6.42. The standard InChI is InChI=1S/C21H23N3O5/c1-13-7-8-17(11-14(13)2)22-18(25)9-10-19(26)23-24-20(27)15-5-4-6-16(12-15)21(28)29-3/h4-8,11-12H,9-10H2,1-3H3,(H,22,25)(H,23,26)(H,24,27). The Bertz CT molecular complexity index is 940. The van der Waals surface area contributed by atoms with Crippen LogP contribution in [0.2, 0.25) is 0 Å². The summed E-state index contributed by atoms with van der Waals surface area (Å²) in [7, 11) is 1.24. The molecule has 3 amide bonds. The van der Waals surface area contributed by atoms with Crippen LogP contribution in [0.25, 0.3) is 0 Å². The molecule has 0 aromatic heterocycles. The van der Waals surface area contributed by atoms with Crippen molar-refractivity contribution in [1.29, 1.82) is 0 Å². The van der Waals surface area contributed by atoms with Gasteiger partial charge in [0.25, 0.3) is 5.91 Å². The Morgan fingerprint density at radius 3 is 2.21 bits per heavy atom. The monoisotopic (exact) mass is 397 g/mol. The molecule has 0 atom stereocenters. The third-order valence-corrected chi connectivity index (χ3v) is 4.23. The van der Waals surface area contributed by atoms with Crippen LogP contribution in [0.3, 0.4) is 0 Å². The van der Waals surface area contributed by atoms with Crippen LogP contribution < -0.4 is 16.2 Å². The first kappa shape index (κ1) is 21.6. The van der Waals surface area contributed by atoms with Crippen LogP contribution in [0.5, 0.6) is 0 Å². The van der Waals surface area contributed by atoms with Crippen molar-refractivity contribution in [3.63, 3.8) is 0 Å². The molecule has 0 radical (unpaired) electrons. The Kier molecular flexibility index (Phi) is 7.47. The Balaban J connectivity index is 1.79. The molecule has 152 valence electrons. The van der Waals surface area contributed by atoms with Crippen molar-refractivity contribution in [2.24, 2.45) is 0 Å². The first-order valence-corrected chi connectivity index (χ1v) is 8.95. The number of methoxy groups -OCH3 is 1. The quantitative estimate of drug-likeness (QED) is 0.511. The van der Waals surface area contributed by atoms with Crippen LogP contribution in [0.1, 0.15) is 44.7 Å². The van der Waals surface area contributed by atoms with Crippen LogP contribution in [-0.4, -0.2) is 30.8 Å². The van der Waals surface area contributed by atoms with Crippen LogP contribution >= 0.6 is 0 Å². The highest BCUT2D eigenvalue weighted by Gasteiger charge is 2.12. The minimum atomic E-state index is -0.594. The van der Waals surface area contributed by atoms with E-state index >= 15 is 0 Å². The lowest BCUT2D eigenvalue weighted by atomic mass is 10.1. The van der Waals surface area contributed by atoms with Gasteiger partial charge >= 0.3 is 5.97 Å². The first-order valence-electron chi connectivity index (χ1n) is 8.95. The molecule has 2 aromatic carbocycles. The van der Waals surface area contributed by atoms with Crippen molar-refractivity contribution in [3.05, 3.63) is 64.7 Å². The van der Waals surface area contributed by atoms with Crippen LogP contribution in [0, 0.1) is 13.8 Å². The second kappa shape index (κ2) is 10.0. The van der Waals surface area contributed by atoms with Gasteiger partial charge in [0.15, 0.2) is 0 Å². The maximum absolute atomic E-state index is 12.1. The molecule has 0 fully saturated rings. The van der Waals surface area contributed by atoms with Gasteiger partial charge < -0.3 is 10.1 Å². The molecule has 2 rings (SSSR count). The minimum Gasteiger partial charge on any atom is -0.465 e. The van der Waals surface area contributed by atoms with Gasteiger partial charge in [0.2, 0.25) is 11.8 Å². The zero-order valence-corrected chi connectivity index (χ0v) is 16.5. The minimum absolute atomic E-state index is 0.0353. The number of benzene rings is 2. The number of anilines is 1. The molecule has 0 saturated heterocycles. The number of hydrogen-bond acceptors (Lipinski definition) is 5. The average molecular weight is 397 g/mol. The molecular formula is C21H23N3O5. The molecule has 0 aliphatic rings. The summed E-state index contributed by atoms with van der Waals surface area (Å²) >= 11 is 0. The topological polar surface area (TPSA) is 114 Å². The summed E-state index contributed by atoms with van der Waals surface area (Å²) in [5.41, 5.74) is 7.73. The number of carbonyl (C=O) groups excluding carboxylic acids is 4. The van der Waals surface area contributed by atoms with E-state index in [1.54, 1.807) is 6.07 Å². The van der Waals surface area contributed by atoms with E-state index in [4.69, 9.17) is 0 Å². The predicted octanol–water partition coefficient (Wildman–Crippen LogP) is 2.27. The van der Waals surface area contributed by atoms with E-state index in [1.165, 1.54) is 31.4 Å². The Morgan fingerprint density at radius 1 is 0.828 bits per heavy atom. The maximum atomic E-state index is 12.1. The van der Waals surface area contributed by atoms with Gasteiger partial charge in [-0.05, 0) is 55.3 Å². The summed E-state index contributed by atoms with van der Waals surface area (Å²) < 4.78 is 4.60. The molecule has 8 nitrogen and oxygen atoms in total. The molecule has 0 spiro atoms. The third-order valence-electron chi connectivity index (χ3n) is 4.23. The molecule has 29 heavy (non-hydrogen) atoms. The van der Waals surface area contributed by atoms with Gasteiger partial charge in [-0.25, -0.2) is 4.79 Å². The van der Waals surface area contributed by atoms with Crippen LogP contribution in [0.4, 0.5) is 5.69 Å². The molecule has 8 heteroatoms. The summed E-state index contributed by atoms with van der Waals surface area (Å²) in [6.45, 7) is 3.92. The smallest absolute Gasteiger partial charge is 0.337 e. The predicted molar refractivity (Wildman–Crippen MR) is 107 cm³/mol. The average Bonchev–Trinajstić information content (AvgIpc) is 2.72. The van der Waals surface area contributed by atoms with E-state index in [1.807, 2.05) is 26.0 Å². The van der Waals surface area contributed by atoms with E-state index in [0.29, 0.717) is 5.69 Å². The zero-order valence-electron chi connectivity index (χ0n) is 16.5. The molecule has 2 aromatic rings. The highest BCUT2D eigenvalue weighted by Crippen LogP contribution is 2.14. The fourth-order valence-electron chi connectivity index (χ4n) is 2.44. The summed E-state index contributed by atoms with van der Waals surface area (Å²) in [6.07, 6.45) is -0.133. The number of aryl methyl sites for hydroxylation is 2. The lowest BCUT2D eigenvalue weighted by Gasteiger charge is -2.09. The molecular weight excluding hydrogens is 374 g/mol. The Hall–Kier alpha value is -3.68. The highest BCUT2D eigenvalue weighted by atomic mass is 16.5. The lowest BCUT2D eigenvalue weighted by molar-refractivity contribution is -0.124. The van der Waals surface area contributed by atoms with Crippen LogP contribution in [0.15, 0.2) is 42.5 Å². The fraction of sp³-hybridized carbons (Fsp3) is 0.238. The number of ether oxygens (including phenoxy) is 1. The summed E-state index contributed by atoms with van der Waals surface area (Å²) in [5.74, 6) is -1.99. The number of hydrazine groups is 1. The Morgan fingerprint density at radius 2 is 1.52 bits per heavy atom. The number of nitrogens with one attached hydrogen (secondary N) is 3. The SMILES string of the molecule is COC(=O)c1cccc(C(=O)NNC(=O)CCC(=O)Nc2ccc(C)c(C)c2)c1. The highest BCUT2D eigenvalue weighted by molar-refractivity contribution is 5.99. The number of rotatable bonds is 6. The maximum Gasteiger partial charge on any atom is 0.337 e. The molecule has 0 heterocycles. The van der Waals surface area contributed by atoms with Gasteiger partial charge in [-0.15, -0.1) is 0 Å². The van der Waals surface area contributed by atoms with Gasteiger partial charge in [0.05, 0.1) is 12.7 Å². The molecule has 0 aliphatic heterocycles. The van der Waals surface area contributed by atoms with Crippen molar-refractivity contribution >= 4 is 29.4 Å². The number of esters is 1. The third kappa shape index (κ3) is 6.46. The molecule has 3 N–H and O–H groups in total. The molecule has 0 unspecified atom stereocenters. The van der Waals surface area contributed by atoms with Gasteiger partial charge in [-0.1, -0.05) is 12.1 Å². The van der Waals surface area contributed by atoms with Crippen molar-refractivity contribution in [2.45, 2.75) is 26.7 Å². The number of amides is 3. The van der Waals surface area contributed by atoms with Crippen molar-refractivity contribution in [3.8, 4) is 0 Å². The van der Waals surface area contributed by atoms with Crippen molar-refractivity contribution in [1.82, 2.24) is 10.9 Å². The number of hydrogen-bond donors (Lipinski definition) is 3. The number of carbonyl (C=O) groups is 4. The first-order chi connectivity index (χ1) is 13.8. The van der Waals surface area contributed by atoms with Crippen LogP contribution in [-0.2, 0) is 14.3 Å². The van der Waals surface area contributed by atoms with Gasteiger partial charge in [-0.2, -0.15) is 0 Å². The summed E-state index contributed by atoms with van der Waals surface area (Å²) in [5, 5.41) is 2.73. The largest absolute Gasteiger partial charge is 0.465 e. The van der Waals surface area contributed by atoms with Gasteiger partial charge in [0, 0.05) is 24.1 Å². The molecule has 0 aliphatic carbocycles. The van der Waals surface area contributed by atoms with E-state index in [9.17, 15) is 19.2 Å². The van der Waals surface area contributed by atoms with E-state index < -0.39 is 17.8 Å². The summed E-state index contributed by atoms with van der Waals surface area (Å²) in [4.78, 5) is 47.5. The zero-order chi connectivity index (χ0) is 21.4. The lowest BCUT2D eigenvalue weighted by Crippen LogP contribution is -2.41. The Labute approximate surface area is 168 Å². The van der Waals surface area contributed by atoms with E-state index in [-0.39, 0.29) is 29.9 Å². The normalized spacial score (nSPS) is 10.0. The summed E-state index contributed by atoms with van der Waals surface area (Å²) in [6, 6.07) is 11.4. The van der Waals surface area contributed by atoms with E-state index in [2.05, 4.69) is 20.9 Å². The molecule has 0 bridgehead atoms. The second-order valence-corrected chi connectivity index (χ2v) is 6.42. The van der Waals surface area contributed by atoms with Crippen molar-refractivity contribution < 1.29 is 23.9 Å². The van der Waals surface area contributed by atoms with E-state index in [0.717, 1.165) is 11.1 Å². The fourth-order valence-corrected chi connectivity index (χ4v) is 2.44. The van der Waals surface area contributed by atoms with Gasteiger partial charge in [-0.3, -0.25) is 25.2 Å². The van der Waals surface area contributed by atoms with Gasteiger partial charge in [0.1, 0.15) is 0 Å².